The number of hydrogen-bond acceptors (Lipinski definition) is 5. The van der Waals surface area contributed by atoms with Crippen LogP contribution < -0.4 is 10.0 Å². The molecule has 1 aromatic carbocycles. The van der Waals surface area contributed by atoms with E-state index in [4.69, 9.17) is 4.74 Å². The maximum absolute atomic E-state index is 12.9. The maximum atomic E-state index is 12.9. The Labute approximate surface area is 162 Å². The van der Waals surface area contributed by atoms with Gasteiger partial charge in [0.2, 0.25) is 0 Å². The summed E-state index contributed by atoms with van der Waals surface area (Å²) in [4.78, 5) is 19.6. The molecule has 1 amide bonds. The summed E-state index contributed by atoms with van der Waals surface area (Å²) in [6, 6.07) is 9.85. The first-order valence-corrected chi connectivity index (χ1v) is 10.5. The van der Waals surface area contributed by atoms with Crippen molar-refractivity contribution in [3.05, 3.63) is 54.4 Å². The Morgan fingerprint density at radius 2 is 2.11 bits per heavy atom. The fraction of sp³-hybridized carbons (Fsp3) is 0.263. The van der Waals surface area contributed by atoms with Crippen molar-refractivity contribution in [2.75, 3.05) is 17.9 Å². The molecular formula is C19H20N4O4S. The van der Waals surface area contributed by atoms with Gasteiger partial charge in [-0.3, -0.25) is 9.52 Å². The molecule has 0 spiro atoms. The van der Waals surface area contributed by atoms with E-state index in [1.165, 1.54) is 6.20 Å². The fourth-order valence-electron chi connectivity index (χ4n) is 3.23. The number of fused-ring (bicyclic) bond motifs is 1. The first kappa shape index (κ1) is 18.5. The van der Waals surface area contributed by atoms with Gasteiger partial charge in [-0.1, -0.05) is 12.1 Å². The lowest BCUT2D eigenvalue weighted by Gasteiger charge is -2.14. The van der Waals surface area contributed by atoms with Gasteiger partial charge in [0.15, 0.2) is 0 Å². The number of aromatic amines is 1. The number of para-hydroxylation sites is 1. The van der Waals surface area contributed by atoms with Gasteiger partial charge in [0.1, 0.15) is 10.5 Å². The third kappa shape index (κ3) is 3.71. The number of benzene rings is 1. The number of hydrogen-bond donors (Lipinski definition) is 3. The number of nitrogens with one attached hydrogen (secondary N) is 3. The fourth-order valence-corrected chi connectivity index (χ4v) is 4.48. The number of sulfonamides is 1. The van der Waals surface area contributed by atoms with E-state index in [1.807, 2.05) is 0 Å². The highest BCUT2D eigenvalue weighted by Crippen LogP contribution is 2.25. The van der Waals surface area contributed by atoms with E-state index in [0.29, 0.717) is 24.2 Å². The highest BCUT2D eigenvalue weighted by Gasteiger charge is 2.23. The normalized spacial score (nSPS) is 16.9. The summed E-state index contributed by atoms with van der Waals surface area (Å²) in [5, 5.41) is 3.30. The Morgan fingerprint density at radius 1 is 1.25 bits per heavy atom. The molecule has 28 heavy (non-hydrogen) atoms. The Balaban J connectivity index is 1.57. The Kier molecular flexibility index (Phi) is 5.01. The van der Waals surface area contributed by atoms with Crippen LogP contribution in [-0.4, -0.2) is 43.5 Å². The molecule has 8 nitrogen and oxygen atoms in total. The molecule has 9 heteroatoms. The minimum atomic E-state index is -3.91. The van der Waals surface area contributed by atoms with Crippen molar-refractivity contribution < 1.29 is 17.9 Å². The summed E-state index contributed by atoms with van der Waals surface area (Å²) in [6.07, 6.45) is 4.86. The number of ether oxygens (including phenoxy) is 1. The zero-order chi connectivity index (χ0) is 19.6. The van der Waals surface area contributed by atoms with Crippen LogP contribution in [0.5, 0.6) is 0 Å². The third-order valence-electron chi connectivity index (χ3n) is 4.63. The van der Waals surface area contributed by atoms with Gasteiger partial charge in [-0.05, 0) is 37.1 Å². The van der Waals surface area contributed by atoms with E-state index >= 15 is 0 Å². The van der Waals surface area contributed by atoms with Crippen LogP contribution >= 0.6 is 0 Å². The van der Waals surface area contributed by atoms with Crippen molar-refractivity contribution in [1.82, 2.24) is 15.3 Å². The second-order valence-electron chi connectivity index (χ2n) is 6.55. The highest BCUT2D eigenvalue weighted by molar-refractivity contribution is 7.93. The van der Waals surface area contributed by atoms with E-state index in [1.54, 1.807) is 42.6 Å². The number of H-pyrrole nitrogens is 1. The number of anilines is 1. The van der Waals surface area contributed by atoms with Crippen LogP contribution in [0.25, 0.3) is 11.0 Å². The molecule has 3 N–H and O–H groups in total. The van der Waals surface area contributed by atoms with Gasteiger partial charge in [0.05, 0.1) is 17.4 Å². The average molecular weight is 400 g/mol. The average Bonchev–Trinajstić information content (AvgIpc) is 3.36. The number of aromatic nitrogens is 2. The number of pyridine rings is 1. The molecule has 2 aromatic heterocycles. The van der Waals surface area contributed by atoms with Gasteiger partial charge >= 0.3 is 0 Å². The molecule has 1 fully saturated rings. The molecule has 1 atom stereocenters. The summed E-state index contributed by atoms with van der Waals surface area (Å²) >= 11 is 0. The predicted molar refractivity (Wildman–Crippen MR) is 105 cm³/mol. The monoisotopic (exact) mass is 400 g/mol. The number of carbonyl (C=O) groups excluding carboxylic acids is 1. The lowest BCUT2D eigenvalue weighted by atomic mass is 10.1. The molecule has 0 aliphatic carbocycles. The molecule has 0 bridgehead atoms. The predicted octanol–water partition coefficient (Wildman–Crippen LogP) is 2.27. The van der Waals surface area contributed by atoms with Crippen molar-refractivity contribution >= 4 is 32.7 Å². The van der Waals surface area contributed by atoms with Crippen LogP contribution in [0.3, 0.4) is 0 Å². The Hall–Kier alpha value is -2.91. The largest absolute Gasteiger partial charge is 0.376 e. The minimum absolute atomic E-state index is 0.00604. The molecule has 146 valence electrons. The van der Waals surface area contributed by atoms with Gasteiger partial charge in [0.25, 0.3) is 15.9 Å². The van der Waals surface area contributed by atoms with Crippen molar-refractivity contribution in [3.63, 3.8) is 0 Å². The number of amides is 1. The van der Waals surface area contributed by atoms with Crippen LogP contribution in [-0.2, 0) is 14.8 Å². The zero-order valence-corrected chi connectivity index (χ0v) is 15.8. The quantitative estimate of drug-likeness (QED) is 0.587. The highest BCUT2D eigenvalue weighted by atomic mass is 32.2. The summed E-state index contributed by atoms with van der Waals surface area (Å²) in [5.41, 5.74) is 0.943. The van der Waals surface area contributed by atoms with Crippen LogP contribution in [0, 0.1) is 0 Å². The molecule has 3 heterocycles. The second kappa shape index (κ2) is 7.61. The van der Waals surface area contributed by atoms with Crippen molar-refractivity contribution in [2.24, 2.45) is 0 Å². The topological polar surface area (TPSA) is 113 Å². The van der Waals surface area contributed by atoms with E-state index < -0.39 is 10.0 Å². The molecular weight excluding hydrogens is 380 g/mol. The molecule has 1 aliphatic rings. The van der Waals surface area contributed by atoms with Crippen LogP contribution in [0.4, 0.5) is 5.69 Å². The smallest absolute Gasteiger partial charge is 0.264 e. The SMILES string of the molecule is O=C(NCC1CCCO1)c1ccccc1NS(=O)(=O)c1c[nH]c2ncccc12. The molecule has 4 rings (SSSR count). The van der Waals surface area contributed by atoms with Gasteiger partial charge in [0, 0.05) is 30.9 Å². The Bertz CT molecular complexity index is 1100. The first-order valence-electron chi connectivity index (χ1n) is 8.98. The third-order valence-corrected chi connectivity index (χ3v) is 6.04. The van der Waals surface area contributed by atoms with Crippen molar-refractivity contribution in [2.45, 2.75) is 23.8 Å². The number of rotatable bonds is 6. The van der Waals surface area contributed by atoms with E-state index in [0.717, 1.165) is 12.8 Å². The molecule has 3 aromatic rings. The van der Waals surface area contributed by atoms with Gasteiger partial charge < -0.3 is 15.0 Å². The summed E-state index contributed by atoms with van der Waals surface area (Å²) in [6.45, 7) is 1.10. The number of nitrogens with zero attached hydrogens (tertiary/aromatic N) is 1. The van der Waals surface area contributed by atoms with E-state index in [-0.39, 0.29) is 28.2 Å². The van der Waals surface area contributed by atoms with Crippen molar-refractivity contribution in [1.29, 1.82) is 0 Å². The molecule has 0 saturated carbocycles. The molecule has 1 saturated heterocycles. The lowest BCUT2D eigenvalue weighted by molar-refractivity contribution is 0.0858. The summed E-state index contributed by atoms with van der Waals surface area (Å²) < 4.78 is 33.8. The molecule has 1 aliphatic heterocycles. The van der Waals surface area contributed by atoms with Gasteiger partial charge in [-0.15, -0.1) is 0 Å². The number of carbonyl (C=O) groups is 1. The van der Waals surface area contributed by atoms with E-state index in [9.17, 15) is 13.2 Å². The minimum Gasteiger partial charge on any atom is -0.376 e. The summed E-state index contributed by atoms with van der Waals surface area (Å²) in [7, 11) is -3.91. The van der Waals surface area contributed by atoms with Crippen LogP contribution in [0.15, 0.2) is 53.7 Å². The van der Waals surface area contributed by atoms with E-state index in [2.05, 4.69) is 20.0 Å². The Morgan fingerprint density at radius 3 is 2.93 bits per heavy atom. The second-order valence-corrected chi connectivity index (χ2v) is 8.20. The molecule has 1 unspecified atom stereocenters. The maximum Gasteiger partial charge on any atom is 0.264 e. The standard InChI is InChI=1S/C19H20N4O4S/c24-19(22-11-13-5-4-10-27-13)14-6-1-2-8-16(14)23-28(25,26)17-12-21-18-15(17)7-3-9-20-18/h1-3,6-9,12-13,23H,4-5,10-11H2,(H,20,21)(H,22,24). The summed E-state index contributed by atoms with van der Waals surface area (Å²) in [5.74, 6) is -0.352. The van der Waals surface area contributed by atoms with Crippen molar-refractivity contribution in [3.8, 4) is 0 Å². The first-order chi connectivity index (χ1) is 13.5. The lowest BCUT2D eigenvalue weighted by Crippen LogP contribution is -2.32. The van der Waals surface area contributed by atoms with Crippen LogP contribution in [0.2, 0.25) is 0 Å². The zero-order valence-electron chi connectivity index (χ0n) is 15.0. The van der Waals surface area contributed by atoms with Gasteiger partial charge in [-0.2, -0.15) is 0 Å². The molecule has 0 radical (unpaired) electrons. The van der Waals surface area contributed by atoms with Crippen LogP contribution in [0.1, 0.15) is 23.2 Å². The van der Waals surface area contributed by atoms with Gasteiger partial charge in [-0.25, -0.2) is 13.4 Å².